The van der Waals surface area contributed by atoms with Gasteiger partial charge in [-0.3, -0.25) is 0 Å². The summed E-state index contributed by atoms with van der Waals surface area (Å²) >= 11 is 0. The number of nitrogens with one attached hydrogen (secondary N) is 1. The average molecular weight is 270 g/mol. The molecule has 0 bridgehead atoms. The number of piperazine rings is 1. The Morgan fingerprint density at radius 1 is 1.39 bits per heavy atom. The molecule has 0 saturated carbocycles. The fourth-order valence-corrected chi connectivity index (χ4v) is 3.77. The lowest BCUT2D eigenvalue weighted by Crippen LogP contribution is -2.51. The van der Waals surface area contributed by atoms with Gasteiger partial charge in [0, 0.05) is 25.7 Å². The van der Waals surface area contributed by atoms with E-state index in [1.54, 1.807) is 24.3 Å². The van der Waals surface area contributed by atoms with Gasteiger partial charge >= 0.3 is 0 Å². The zero-order valence-corrected chi connectivity index (χ0v) is 11.4. The second kappa shape index (κ2) is 5.26. The van der Waals surface area contributed by atoms with Crippen molar-refractivity contribution in [3.05, 3.63) is 24.3 Å². The van der Waals surface area contributed by atoms with Gasteiger partial charge in [-0.15, -0.1) is 0 Å². The number of hydrogen-bond acceptors (Lipinski definition) is 4. The van der Waals surface area contributed by atoms with Gasteiger partial charge in [0.05, 0.1) is 7.11 Å². The molecule has 0 aliphatic carbocycles. The van der Waals surface area contributed by atoms with Gasteiger partial charge in [-0.25, -0.2) is 8.42 Å². The van der Waals surface area contributed by atoms with Crippen molar-refractivity contribution in [3.8, 4) is 5.75 Å². The maximum Gasteiger partial charge on any atom is 0.246 e. The maximum absolute atomic E-state index is 12.5. The van der Waals surface area contributed by atoms with Crippen LogP contribution < -0.4 is 10.1 Å². The van der Waals surface area contributed by atoms with Gasteiger partial charge in [0.25, 0.3) is 0 Å². The SMILES string of the molecule is COc1ccccc1S(=O)(=O)N1CCNC(C)C1. The maximum atomic E-state index is 12.5. The van der Waals surface area contributed by atoms with Crippen molar-refractivity contribution in [1.82, 2.24) is 9.62 Å². The van der Waals surface area contributed by atoms with Crippen molar-refractivity contribution in [3.63, 3.8) is 0 Å². The summed E-state index contributed by atoms with van der Waals surface area (Å²) in [6.07, 6.45) is 0. The third-order valence-electron chi connectivity index (χ3n) is 3.02. The van der Waals surface area contributed by atoms with E-state index in [0.29, 0.717) is 25.4 Å². The predicted molar refractivity (Wildman–Crippen MR) is 69.2 cm³/mol. The van der Waals surface area contributed by atoms with Crippen molar-refractivity contribution in [2.45, 2.75) is 17.9 Å². The summed E-state index contributed by atoms with van der Waals surface area (Å²) in [6, 6.07) is 6.89. The lowest BCUT2D eigenvalue weighted by atomic mass is 10.3. The molecule has 1 aromatic carbocycles. The Morgan fingerprint density at radius 3 is 2.78 bits per heavy atom. The number of rotatable bonds is 3. The fourth-order valence-electron chi connectivity index (χ4n) is 2.09. The molecule has 1 heterocycles. The molecule has 1 fully saturated rings. The topological polar surface area (TPSA) is 58.6 Å². The number of hydrogen-bond donors (Lipinski definition) is 1. The zero-order chi connectivity index (χ0) is 13.2. The van der Waals surface area contributed by atoms with Crippen molar-refractivity contribution >= 4 is 10.0 Å². The Bertz CT molecular complexity index is 516. The highest BCUT2D eigenvalue weighted by Gasteiger charge is 2.30. The Kier molecular flexibility index (Phi) is 3.89. The van der Waals surface area contributed by atoms with Crippen LogP contribution in [0.3, 0.4) is 0 Å². The molecule has 0 spiro atoms. The van der Waals surface area contributed by atoms with Gasteiger partial charge in [-0.1, -0.05) is 12.1 Å². The summed E-state index contributed by atoms with van der Waals surface area (Å²) in [5, 5.41) is 3.23. The highest BCUT2D eigenvalue weighted by atomic mass is 32.2. The molecular weight excluding hydrogens is 252 g/mol. The predicted octanol–water partition coefficient (Wildman–Crippen LogP) is 0.678. The lowest BCUT2D eigenvalue weighted by molar-refractivity contribution is 0.308. The molecule has 18 heavy (non-hydrogen) atoms. The van der Waals surface area contributed by atoms with Gasteiger partial charge in [0.1, 0.15) is 10.6 Å². The number of para-hydroxylation sites is 1. The van der Waals surface area contributed by atoms with Crippen LogP contribution in [-0.4, -0.2) is 45.5 Å². The van der Waals surface area contributed by atoms with Crippen LogP contribution in [0.1, 0.15) is 6.92 Å². The number of benzene rings is 1. The molecule has 1 saturated heterocycles. The summed E-state index contributed by atoms with van der Waals surface area (Å²) in [7, 11) is -1.99. The molecule has 1 aromatic rings. The van der Waals surface area contributed by atoms with Crippen LogP contribution in [0.4, 0.5) is 0 Å². The monoisotopic (exact) mass is 270 g/mol. The number of sulfonamides is 1. The minimum atomic E-state index is -3.47. The molecule has 1 atom stereocenters. The molecule has 0 aromatic heterocycles. The summed E-state index contributed by atoms with van der Waals surface area (Å²) in [5.41, 5.74) is 0. The number of methoxy groups -OCH3 is 1. The van der Waals surface area contributed by atoms with E-state index in [-0.39, 0.29) is 10.9 Å². The van der Waals surface area contributed by atoms with Gasteiger partial charge < -0.3 is 10.1 Å². The highest BCUT2D eigenvalue weighted by molar-refractivity contribution is 7.89. The van der Waals surface area contributed by atoms with E-state index in [9.17, 15) is 8.42 Å². The highest BCUT2D eigenvalue weighted by Crippen LogP contribution is 2.26. The molecule has 6 heteroatoms. The minimum Gasteiger partial charge on any atom is -0.495 e. The molecule has 1 N–H and O–H groups in total. The van der Waals surface area contributed by atoms with E-state index < -0.39 is 10.0 Å². The summed E-state index contributed by atoms with van der Waals surface area (Å²) in [4.78, 5) is 0.238. The molecule has 1 aliphatic rings. The van der Waals surface area contributed by atoms with Crippen molar-refractivity contribution in [2.75, 3.05) is 26.7 Å². The van der Waals surface area contributed by atoms with Crippen LogP contribution in [0.25, 0.3) is 0 Å². The van der Waals surface area contributed by atoms with Crippen molar-refractivity contribution < 1.29 is 13.2 Å². The fraction of sp³-hybridized carbons (Fsp3) is 0.500. The van der Waals surface area contributed by atoms with E-state index in [2.05, 4.69) is 5.32 Å². The first-order valence-corrected chi connectivity index (χ1v) is 7.36. The van der Waals surface area contributed by atoms with Crippen LogP contribution in [0.2, 0.25) is 0 Å². The van der Waals surface area contributed by atoms with E-state index in [1.165, 1.54) is 11.4 Å². The molecule has 1 aliphatic heterocycles. The molecular formula is C12H18N2O3S. The van der Waals surface area contributed by atoms with Crippen LogP contribution in [0, 0.1) is 0 Å². The number of nitrogens with zero attached hydrogens (tertiary/aromatic N) is 1. The molecule has 0 amide bonds. The van der Waals surface area contributed by atoms with Crippen molar-refractivity contribution in [1.29, 1.82) is 0 Å². The molecule has 1 unspecified atom stereocenters. The smallest absolute Gasteiger partial charge is 0.246 e. The van der Waals surface area contributed by atoms with Gasteiger partial charge in [-0.2, -0.15) is 4.31 Å². The van der Waals surface area contributed by atoms with E-state index in [1.807, 2.05) is 6.92 Å². The Balaban J connectivity index is 2.35. The second-order valence-corrected chi connectivity index (χ2v) is 6.28. The largest absolute Gasteiger partial charge is 0.495 e. The van der Waals surface area contributed by atoms with Crippen LogP contribution in [0.15, 0.2) is 29.2 Å². The molecule has 5 nitrogen and oxygen atoms in total. The normalized spacial score (nSPS) is 21.8. The zero-order valence-electron chi connectivity index (χ0n) is 10.6. The van der Waals surface area contributed by atoms with E-state index in [0.717, 1.165) is 0 Å². The molecule has 0 radical (unpaired) electrons. The first-order valence-electron chi connectivity index (χ1n) is 5.92. The van der Waals surface area contributed by atoms with Gasteiger partial charge in [0.15, 0.2) is 0 Å². The van der Waals surface area contributed by atoms with Crippen molar-refractivity contribution in [2.24, 2.45) is 0 Å². The molecule has 2 rings (SSSR count). The first-order chi connectivity index (χ1) is 8.55. The van der Waals surface area contributed by atoms with E-state index >= 15 is 0 Å². The third-order valence-corrected chi connectivity index (χ3v) is 4.92. The summed E-state index contributed by atoms with van der Waals surface area (Å²) in [5.74, 6) is 0.392. The molecule has 100 valence electrons. The quantitative estimate of drug-likeness (QED) is 0.877. The van der Waals surface area contributed by atoms with E-state index in [4.69, 9.17) is 4.74 Å². The minimum absolute atomic E-state index is 0.170. The van der Waals surface area contributed by atoms with Crippen LogP contribution in [-0.2, 0) is 10.0 Å². The third kappa shape index (κ3) is 2.50. The van der Waals surface area contributed by atoms with Gasteiger partial charge in [0.2, 0.25) is 10.0 Å². The second-order valence-electron chi connectivity index (χ2n) is 4.37. The van der Waals surface area contributed by atoms with Crippen LogP contribution in [0.5, 0.6) is 5.75 Å². The Labute approximate surface area is 108 Å². The summed E-state index contributed by atoms with van der Waals surface area (Å²) in [6.45, 7) is 3.63. The average Bonchev–Trinajstić information content (AvgIpc) is 2.38. The standard InChI is InChI=1S/C12H18N2O3S/c1-10-9-14(8-7-13-10)18(15,16)12-6-4-3-5-11(12)17-2/h3-6,10,13H,7-9H2,1-2H3. The summed E-state index contributed by atoms with van der Waals surface area (Å²) < 4.78 is 31.7. The van der Waals surface area contributed by atoms with Gasteiger partial charge in [-0.05, 0) is 19.1 Å². The lowest BCUT2D eigenvalue weighted by Gasteiger charge is -2.31. The Hall–Kier alpha value is -1.11. The van der Waals surface area contributed by atoms with Crippen LogP contribution >= 0.6 is 0 Å². The Morgan fingerprint density at radius 2 is 2.11 bits per heavy atom. The first kappa shape index (κ1) is 13.3. The number of ether oxygens (including phenoxy) is 1.